The molecule has 0 aliphatic heterocycles. The van der Waals surface area contributed by atoms with Gasteiger partial charge in [0, 0.05) is 6.42 Å². The fraction of sp³-hybridized carbons (Fsp3) is 0.611. The minimum Gasteiger partial charge on any atom is -0.390 e. The Morgan fingerprint density at radius 1 is 1.10 bits per heavy atom. The van der Waals surface area contributed by atoms with Gasteiger partial charge in [-0.1, -0.05) is 51.0 Å². The van der Waals surface area contributed by atoms with Crippen LogP contribution in [-0.4, -0.2) is 16.5 Å². The van der Waals surface area contributed by atoms with Crippen LogP contribution in [0.1, 0.15) is 63.5 Å². The van der Waals surface area contributed by atoms with E-state index in [1.54, 1.807) is 0 Å². The molecule has 0 aliphatic rings. The van der Waals surface area contributed by atoms with Gasteiger partial charge >= 0.3 is 0 Å². The minimum absolute atomic E-state index is 0.237. The molecule has 0 saturated heterocycles. The molecule has 0 heterocycles. The minimum atomic E-state index is -0.515. The van der Waals surface area contributed by atoms with Crippen molar-refractivity contribution in [1.29, 1.82) is 5.41 Å². The zero-order valence-electron chi connectivity index (χ0n) is 13.5. The lowest BCUT2D eigenvalue weighted by Crippen LogP contribution is -2.28. The summed E-state index contributed by atoms with van der Waals surface area (Å²) in [5.74, 6) is 0.237. The number of aryl methyl sites for hydroxylation is 2. The van der Waals surface area contributed by atoms with Gasteiger partial charge in [0.05, 0.1) is 11.4 Å². The average molecular weight is 290 g/mol. The van der Waals surface area contributed by atoms with E-state index in [1.165, 1.54) is 11.1 Å². The van der Waals surface area contributed by atoms with E-state index in [-0.39, 0.29) is 5.84 Å². The predicted molar refractivity (Wildman–Crippen MR) is 89.8 cm³/mol. The molecule has 3 heteroatoms. The van der Waals surface area contributed by atoms with Crippen LogP contribution >= 0.6 is 0 Å². The summed E-state index contributed by atoms with van der Waals surface area (Å²) in [5, 5.41) is 18.0. The molecule has 0 bridgehead atoms. The van der Waals surface area contributed by atoms with Crippen LogP contribution in [0, 0.1) is 5.41 Å². The topological polar surface area (TPSA) is 70.1 Å². The number of hydrogen-bond donors (Lipinski definition) is 3. The van der Waals surface area contributed by atoms with Gasteiger partial charge in [0.1, 0.15) is 0 Å². The lowest BCUT2D eigenvalue weighted by molar-refractivity contribution is 0.0132. The molecule has 4 N–H and O–H groups in total. The molecule has 0 atom stereocenters. The van der Waals surface area contributed by atoms with Crippen molar-refractivity contribution in [1.82, 2.24) is 0 Å². The zero-order chi connectivity index (χ0) is 15.7. The molecule has 0 radical (unpaired) electrons. The van der Waals surface area contributed by atoms with Gasteiger partial charge in [-0.2, -0.15) is 0 Å². The highest BCUT2D eigenvalue weighted by Gasteiger charge is 2.24. The molecule has 0 unspecified atom stereocenters. The number of aliphatic hydroxyl groups is 1. The van der Waals surface area contributed by atoms with Crippen LogP contribution in [0.2, 0.25) is 0 Å². The molecule has 3 nitrogen and oxygen atoms in total. The zero-order valence-corrected chi connectivity index (χ0v) is 13.5. The Labute approximate surface area is 129 Å². The summed E-state index contributed by atoms with van der Waals surface area (Å²) in [5.41, 5.74) is 7.38. The Bertz CT molecular complexity index is 437. The van der Waals surface area contributed by atoms with E-state index in [1.807, 2.05) is 0 Å². The normalized spacial score (nSPS) is 11.6. The summed E-state index contributed by atoms with van der Waals surface area (Å²) in [6.07, 6.45) is 6.96. The smallest absolute Gasteiger partial charge is 0.0908 e. The molecular weight excluding hydrogens is 260 g/mol. The summed E-state index contributed by atoms with van der Waals surface area (Å²) >= 11 is 0. The van der Waals surface area contributed by atoms with Crippen molar-refractivity contribution in [2.45, 2.75) is 70.8 Å². The Balaban J connectivity index is 2.61. The fourth-order valence-electron chi connectivity index (χ4n) is 2.90. The first-order valence-electron chi connectivity index (χ1n) is 8.12. The van der Waals surface area contributed by atoms with Crippen molar-refractivity contribution in [2.75, 3.05) is 0 Å². The van der Waals surface area contributed by atoms with Crippen molar-refractivity contribution in [3.05, 3.63) is 35.4 Å². The van der Waals surface area contributed by atoms with Gasteiger partial charge < -0.3 is 10.8 Å². The maximum Gasteiger partial charge on any atom is 0.0908 e. The monoisotopic (exact) mass is 290 g/mol. The van der Waals surface area contributed by atoms with Crippen molar-refractivity contribution in [2.24, 2.45) is 5.73 Å². The SMILES string of the molecule is CCCC(O)(CCC)CCc1cccc(CCC(=N)N)c1. The van der Waals surface area contributed by atoms with Gasteiger partial charge in [-0.05, 0) is 43.2 Å². The van der Waals surface area contributed by atoms with Crippen molar-refractivity contribution in [3.8, 4) is 0 Å². The number of amidine groups is 1. The second-order valence-electron chi connectivity index (χ2n) is 6.07. The van der Waals surface area contributed by atoms with Crippen LogP contribution in [0.5, 0.6) is 0 Å². The van der Waals surface area contributed by atoms with Crippen LogP contribution in [0.4, 0.5) is 0 Å². The van der Waals surface area contributed by atoms with Crippen molar-refractivity contribution in [3.63, 3.8) is 0 Å². The summed E-state index contributed by atoms with van der Waals surface area (Å²) in [6, 6.07) is 8.44. The summed E-state index contributed by atoms with van der Waals surface area (Å²) < 4.78 is 0. The van der Waals surface area contributed by atoms with E-state index in [9.17, 15) is 5.11 Å². The van der Waals surface area contributed by atoms with Gasteiger partial charge in [0.15, 0.2) is 0 Å². The Morgan fingerprint density at radius 3 is 2.19 bits per heavy atom. The van der Waals surface area contributed by atoms with Crippen LogP contribution in [0.25, 0.3) is 0 Å². The third kappa shape index (κ3) is 6.76. The Morgan fingerprint density at radius 2 is 1.67 bits per heavy atom. The molecule has 0 amide bonds. The Kier molecular flexibility index (Phi) is 7.44. The van der Waals surface area contributed by atoms with Crippen molar-refractivity contribution >= 4 is 5.84 Å². The molecule has 1 rings (SSSR count). The highest BCUT2D eigenvalue weighted by atomic mass is 16.3. The van der Waals surface area contributed by atoms with E-state index in [0.717, 1.165) is 44.9 Å². The Hall–Kier alpha value is -1.35. The first-order valence-corrected chi connectivity index (χ1v) is 8.12. The van der Waals surface area contributed by atoms with E-state index in [0.29, 0.717) is 6.42 Å². The van der Waals surface area contributed by atoms with Gasteiger partial charge in [0.25, 0.3) is 0 Å². The standard InChI is InChI=1S/C18H30N2O/c1-3-11-18(21,12-4-2)13-10-16-7-5-6-15(14-16)8-9-17(19)20/h5-7,14,21H,3-4,8-13H2,1-2H3,(H3,19,20). The second kappa shape index (κ2) is 8.83. The number of nitrogens with two attached hydrogens (primary N) is 1. The first-order chi connectivity index (χ1) is 9.99. The molecule has 0 saturated carbocycles. The maximum absolute atomic E-state index is 10.7. The molecule has 0 spiro atoms. The molecule has 118 valence electrons. The molecular formula is C18H30N2O. The first kappa shape index (κ1) is 17.7. The van der Waals surface area contributed by atoms with Gasteiger partial charge in [-0.15, -0.1) is 0 Å². The summed E-state index contributed by atoms with van der Waals surface area (Å²) in [4.78, 5) is 0. The third-order valence-electron chi connectivity index (χ3n) is 3.98. The van der Waals surface area contributed by atoms with Gasteiger partial charge in [0.2, 0.25) is 0 Å². The third-order valence-corrected chi connectivity index (χ3v) is 3.98. The lowest BCUT2D eigenvalue weighted by atomic mass is 9.86. The van der Waals surface area contributed by atoms with Crippen LogP contribution in [0.3, 0.4) is 0 Å². The van der Waals surface area contributed by atoms with Gasteiger partial charge in [-0.3, -0.25) is 5.41 Å². The highest BCUT2D eigenvalue weighted by Crippen LogP contribution is 2.25. The quantitative estimate of drug-likeness (QED) is 0.453. The second-order valence-corrected chi connectivity index (χ2v) is 6.07. The number of hydrogen-bond acceptors (Lipinski definition) is 2. The number of nitrogens with one attached hydrogen (secondary N) is 1. The number of benzene rings is 1. The van der Waals surface area contributed by atoms with Gasteiger partial charge in [-0.25, -0.2) is 0 Å². The molecule has 0 aromatic heterocycles. The largest absolute Gasteiger partial charge is 0.390 e. The molecule has 1 aromatic carbocycles. The fourth-order valence-corrected chi connectivity index (χ4v) is 2.90. The van der Waals surface area contributed by atoms with E-state index in [4.69, 9.17) is 11.1 Å². The molecule has 0 aliphatic carbocycles. The number of rotatable bonds is 10. The summed E-state index contributed by atoms with van der Waals surface area (Å²) in [7, 11) is 0. The molecule has 21 heavy (non-hydrogen) atoms. The highest BCUT2D eigenvalue weighted by molar-refractivity contribution is 5.77. The van der Waals surface area contributed by atoms with E-state index < -0.39 is 5.60 Å². The predicted octanol–water partition coefficient (Wildman–Crippen LogP) is 3.82. The molecule has 0 fully saturated rings. The summed E-state index contributed by atoms with van der Waals surface area (Å²) in [6.45, 7) is 4.26. The molecule has 1 aromatic rings. The van der Waals surface area contributed by atoms with Crippen molar-refractivity contribution < 1.29 is 5.11 Å². The lowest BCUT2D eigenvalue weighted by Gasteiger charge is -2.27. The van der Waals surface area contributed by atoms with Crippen LogP contribution in [-0.2, 0) is 12.8 Å². The van der Waals surface area contributed by atoms with Crippen LogP contribution in [0.15, 0.2) is 24.3 Å². The van der Waals surface area contributed by atoms with Crippen LogP contribution < -0.4 is 5.73 Å². The van der Waals surface area contributed by atoms with E-state index >= 15 is 0 Å². The average Bonchev–Trinajstić information content (AvgIpc) is 2.44. The van der Waals surface area contributed by atoms with E-state index in [2.05, 4.69) is 38.1 Å². The maximum atomic E-state index is 10.7.